The lowest BCUT2D eigenvalue weighted by Crippen LogP contribution is -2.03. The normalized spacial score (nSPS) is 10.2. The predicted octanol–water partition coefficient (Wildman–Crippen LogP) is 1.68. The summed E-state index contributed by atoms with van der Waals surface area (Å²) >= 11 is 0. The lowest BCUT2D eigenvalue weighted by Gasteiger charge is -2.03. The molecule has 0 amide bonds. The third-order valence-electron chi connectivity index (χ3n) is 2.05. The summed E-state index contributed by atoms with van der Waals surface area (Å²) in [6, 6.07) is 6.09. The number of aldehydes is 1. The molecule has 4 heteroatoms. The Morgan fingerprint density at radius 3 is 2.80 bits per heavy atom. The van der Waals surface area contributed by atoms with Crippen molar-refractivity contribution in [3.8, 4) is 0 Å². The summed E-state index contributed by atoms with van der Waals surface area (Å²) in [6.07, 6.45) is 4.90. The minimum absolute atomic E-state index is 0.274. The number of hydrogen-bond donors (Lipinski definition) is 0. The van der Waals surface area contributed by atoms with Crippen LogP contribution in [0.4, 0.5) is 4.39 Å². The van der Waals surface area contributed by atoms with Gasteiger partial charge in [-0.1, -0.05) is 12.1 Å². The molecule has 0 atom stereocenters. The van der Waals surface area contributed by atoms with Crippen LogP contribution < -0.4 is 0 Å². The van der Waals surface area contributed by atoms with Gasteiger partial charge < -0.3 is 4.57 Å². The number of imidazole rings is 1. The minimum atomic E-state index is -0.274. The summed E-state index contributed by atoms with van der Waals surface area (Å²) in [7, 11) is 0. The maximum atomic E-state index is 12.6. The maximum Gasteiger partial charge on any atom is 0.185 e. The molecule has 0 fully saturated rings. The Kier molecular flexibility index (Phi) is 2.58. The maximum absolute atomic E-state index is 12.6. The molecule has 0 aliphatic heterocycles. The van der Waals surface area contributed by atoms with Crippen LogP contribution in [-0.2, 0) is 6.54 Å². The van der Waals surface area contributed by atoms with E-state index in [0.29, 0.717) is 18.7 Å². The second-order valence-corrected chi connectivity index (χ2v) is 3.08. The average Bonchev–Trinajstić information content (AvgIpc) is 2.69. The summed E-state index contributed by atoms with van der Waals surface area (Å²) in [5, 5.41) is 0. The largest absolute Gasteiger partial charge is 0.316 e. The first-order chi connectivity index (χ1) is 7.29. The highest BCUT2D eigenvalue weighted by atomic mass is 19.1. The van der Waals surface area contributed by atoms with Gasteiger partial charge in [0.05, 0.1) is 12.4 Å². The number of hydrogen-bond acceptors (Lipinski definition) is 2. The Balaban J connectivity index is 2.21. The van der Waals surface area contributed by atoms with Crippen LogP contribution in [0.2, 0.25) is 0 Å². The van der Waals surface area contributed by atoms with Crippen LogP contribution in [0.3, 0.4) is 0 Å². The molecule has 1 heterocycles. The van der Waals surface area contributed by atoms with Gasteiger partial charge in [-0.25, -0.2) is 9.37 Å². The molecule has 3 nitrogen and oxygen atoms in total. The van der Waals surface area contributed by atoms with E-state index in [1.165, 1.54) is 18.3 Å². The molecule has 2 rings (SSSR count). The Morgan fingerprint density at radius 1 is 1.40 bits per heavy atom. The summed E-state index contributed by atoms with van der Waals surface area (Å²) in [4.78, 5) is 14.4. The van der Waals surface area contributed by atoms with Gasteiger partial charge in [0, 0.05) is 6.54 Å². The lowest BCUT2D eigenvalue weighted by molar-refractivity contribution is 0.111. The van der Waals surface area contributed by atoms with E-state index in [1.54, 1.807) is 16.7 Å². The fraction of sp³-hybridized carbons (Fsp3) is 0.0909. The van der Waals surface area contributed by atoms with Gasteiger partial charge in [0.2, 0.25) is 0 Å². The zero-order chi connectivity index (χ0) is 10.7. The molecule has 0 aliphatic rings. The van der Waals surface area contributed by atoms with E-state index in [4.69, 9.17) is 0 Å². The first kappa shape index (κ1) is 9.58. The van der Waals surface area contributed by atoms with Gasteiger partial charge in [-0.2, -0.15) is 0 Å². The van der Waals surface area contributed by atoms with Crippen LogP contribution in [0, 0.1) is 12.0 Å². The van der Waals surface area contributed by atoms with E-state index < -0.39 is 0 Å². The second kappa shape index (κ2) is 4.04. The summed E-state index contributed by atoms with van der Waals surface area (Å²) in [6.45, 7) is 0.467. The first-order valence-electron chi connectivity index (χ1n) is 4.42. The summed E-state index contributed by atoms with van der Waals surface area (Å²) in [5.41, 5.74) is 0.897. The van der Waals surface area contributed by atoms with E-state index in [2.05, 4.69) is 11.2 Å². The highest BCUT2D eigenvalue weighted by Gasteiger charge is 2.02. The Labute approximate surface area is 86.2 Å². The Bertz CT molecular complexity index is 462. The number of aromatic nitrogens is 2. The van der Waals surface area contributed by atoms with Crippen molar-refractivity contribution in [3.63, 3.8) is 0 Å². The fourth-order valence-corrected chi connectivity index (χ4v) is 1.29. The molecule has 1 radical (unpaired) electrons. The highest BCUT2D eigenvalue weighted by molar-refractivity contribution is 5.69. The lowest BCUT2D eigenvalue weighted by atomic mass is 10.2. The van der Waals surface area contributed by atoms with Crippen LogP contribution in [0.15, 0.2) is 30.5 Å². The average molecular weight is 203 g/mol. The number of nitrogens with zero attached hydrogens (tertiary/aromatic N) is 2. The summed E-state index contributed by atoms with van der Waals surface area (Å²) < 4.78 is 14.2. The molecule has 1 aromatic carbocycles. The van der Waals surface area contributed by atoms with Gasteiger partial charge in [-0.3, -0.25) is 4.79 Å². The number of carbonyl (C=O) groups excluding carboxylic acids is 1. The molecular formula is C11H8FN2O. The van der Waals surface area contributed by atoms with Crippen molar-refractivity contribution in [2.75, 3.05) is 0 Å². The van der Waals surface area contributed by atoms with Crippen molar-refractivity contribution < 1.29 is 9.18 Å². The Morgan fingerprint density at radius 2 is 2.13 bits per heavy atom. The quantitative estimate of drug-likeness (QED) is 0.711. The van der Waals surface area contributed by atoms with E-state index in [1.807, 2.05) is 0 Å². The standard InChI is InChI=1S/C11H8FN2O/c12-10-3-1-9(2-4-10)7-14-6-5-13-11(14)8-15/h1-5,8H,7H2. The van der Waals surface area contributed by atoms with Crippen molar-refractivity contribution in [1.82, 2.24) is 9.55 Å². The van der Waals surface area contributed by atoms with Gasteiger partial charge in [0.25, 0.3) is 0 Å². The first-order valence-corrected chi connectivity index (χ1v) is 4.42. The zero-order valence-corrected chi connectivity index (χ0v) is 7.85. The van der Waals surface area contributed by atoms with Gasteiger partial charge in [-0.15, -0.1) is 0 Å². The van der Waals surface area contributed by atoms with Gasteiger partial charge in [0.1, 0.15) is 5.82 Å². The van der Waals surface area contributed by atoms with Gasteiger partial charge >= 0.3 is 0 Å². The van der Waals surface area contributed by atoms with Gasteiger partial charge in [-0.05, 0) is 17.7 Å². The molecule has 0 saturated heterocycles. The molecule has 2 aromatic rings. The summed E-state index contributed by atoms with van der Waals surface area (Å²) in [5.74, 6) is 0.0447. The molecular weight excluding hydrogens is 195 g/mol. The predicted molar refractivity (Wildman–Crippen MR) is 52.0 cm³/mol. The van der Waals surface area contributed by atoms with Crippen molar-refractivity contribution in [2.45, 2.75) is 6.54 Å². The molecule has 75 valence electrons. The molecule has 15 heavy (non-hydrogen) atoms. The van der Waals surface area contributed by atoms with Crippen molar-refractivity contribution in [1.29, 1.82) is 0 Å². The topological polar surface area (TPSA) is 34.9 Å². The monoisotopic (exact) mass is 203 g/mol. The van der Waals surface area contributed by atoms with Crippen LogP contribution >= 0.6 is 0 Å². The van der Waals surface area contributed by atoms with Crippen LogP contribution in [0.25, 0.3) is 0 Å². The van der Waals surface area contributed by atoms with Crippen molar-refractivity contribution in [3.05, 3.63) is 53.9 Å². The third-order valence-corrected chi connectivity index (χ3v) is 2.05. The number of halogens is 1. The van der Waals surface area contributed by atoms with Crippen LogP contribution in [0.1, 0.15) is 16.2 Å². The van der Waals surface area contributed by atoms with E-state index in [0.717, 1.165) is 5.56 Å². The van der Waals surface area contributed by atoms with Crippen molar-refractivity contribution >= 4 is 6.29 Å². The molecule has 0 spiro atoms. The zero-order valence-electron chi connectivity index (χ0n) is 7.85. The molecule has 1 aromatic heterocycles. The molecule has 0 saturated carbocycles. The van der Waals surface area contributed by atoms with E-state index in [-0.39, 0.29) is 5.82 Å². The highest BCUT2D eigenvalue weighted by Crippen LogP contribution is 2.06. The fourth-order valence-electron chi connectivity index (χ4n) is 1.29. The Hall–Kier alpha value is -1.97. The van der Waals surface area contributed by atoms with Crippen LogP contribution in [0.5, 0.6) is 0 Å². The molecule has 0 unspecified atom stereocenters. The minimum Gasteiger partial charge on any atom is -0.316 e. The number of rotatable bonds is 3. The number of carbonyl (C=O) groups is 1. The number of benzene rings is 1. The van der Waals surface area contributed by atoms with E-state index >= 15 is 0 Å². The third kappa shape index (κ3) is 2.10. The molecule has 0 bridgehead atoms. The van der Waals surface area contributed by atoms with E-state index in [9.17, 15) is 9.18 Å². The second-order valence-electron chi connectivity index (χ2n) is 3.08. The SMILES string of the molecule is O=Cc1nc[c]n1Cc1ccc(F)cc1. The molecule has 0 aliphatic carbocycles. The van der Waals surface area contributed by atoms with Gasteiger partial charge in [0.15, 0.2) is 12.1 Å². The van der Waals surface area contributed by atoms with Crippen LogP contribution in [-0.4, -0.2) is 15.8 Å². The smallest absolute Gasteiger partial charge is 0.185 e. The van der Waals surface area contributed by atoms with Crippen molar-refractivity contribution in [2.24, 2.45) is 0 Å². The molecule has 0 N–H and O–H groups in total.